The van der Waals surface area contributed by atoms with Crippen molar-refractivity contribution in [1.82, 2.24) is 9.36 Å². The molecule has 0 aliphatic carbocycles. The Balaban J connectivity index is 2.73. The molecule has 3 aromatic rings. The van der Waals surface area contributed by atoms with Crippen LogP contribution in [0, 0.1) is 0 Å². The molecule has 3 nitrogen and oxygen atoms in total. The van der Waals surface area contributed by atoms with E-state index in [1.165, 1.54) is 17.7 Å². The van der Waals surface area contributed by atoms with Gasteiger partial charge in [0.15, 0.2) is 0 Å². The molecule has 0 radical (unpaired) electrons. The number of aromatic amines is 1. The van der Waals surface area contributed by atoms with E-state index in [1.807, 2.05) is 24.3 Å². The number of fused-ring (bicyclic) bond motifs is 3. The summed E-state index contributed by atoms with van der Waals surface area (Å²) in [5.74, 6) is 0. The number of benzene rings is 1. The first-order chi connectivity index (χ1) is 6.86. The molecule has 0 bridgehead atoms. The number of H-pyrrole nitrogens is 1. The van der Waals surface area contributed by atoms with Crippen LogP contribution in [0.15, 0.2) is 35.3 Å². The minimum Gasteiger partial charge on any atom is -0.345 e. The molecule has 0 saturated heterocycles. The van der Waals surface area contributed by atoms with Crippen molar-refractivity contribution >= 4 is 32.7 Å². The van der Waals surface area contributed by atoms with Gasteiger partial charge in [-0.15, -0.1) is 0 Å². The highest BCUT2D eigenvalue weighted by Gasteiger charge is 2.06. The maximum Gasteiger partial charge on any atom is 0.208 e. The molecule has 0 saturated carbocycles. The molecule has 1 N–H and O–H groups in total. The lowest BCUT2D eigenvalue weighted by Crippen LogP contribution is -1.96. The van der Waals surface area contributed by atoms with Gasteiger partial charge in [0.25, 0.3) is 0 Å². The number of nitrogens with zero attached hydrogens (tertiary/aromatic N) is 1. The molecule has 0 aliphatic heterocycles. The molecular weight excluding hydrogens is 196 g/mol. The Kier molecular flexibility index (Phi) is 1.46. The number of aromatic nitrogens is 2. The van der Waals surface area contributed by atoms with Crippen molar-refractivity contribution < 1.29 is 0 Å². The largest absolute Gasteiger partial charge is 0.345 e. The molecule has 3 rings (SSSR count). The third-order valence-electron chi connectivity index (χ3n) is 2.23. The quantitative estimate of drug-likeness (QED) is 0.607. The number of hydrogen-bond donors (Lipinski definition) is 1. The van der Waals surface area contributed by atoms with E-state index in [9.17, 15) is 4.79 Å². The second-order valence-electron chi connectivity index (χ2n) is 3.06. The average molecular weight is 202 g/mol. The van der Waals surface area contributed by atoms with Gasteiger partial charge in [0.1, 0.15) is 4.83 Å². The van der Waals surface area contributed by atoms with E-state index in [0.29, 0.717) is 0 Å². The summed E-state index contributed by atoms with van der Waals surface area (Å²) in [5, 5.41) is 1.73. The average Bonchev–Trinajstić information content (AvgIpc) is 2.57. The van der Waals surface area contributed by atoms with Crippen molar-refractivity contribution in [2.75, 3.05) is 0 Å². The van der Waals surface area contributed by atoms with Gasteiger partial charge < -0.3 is 4.98 Å². The van der Waals surface area contributed by atoms with E-state index in [0.717, 1.165) is 21.1 Å². The number of hydrogen-bond acceptors (Lipinski definition) is 3. The van der Waals surface area contributed by atoms with Gasteiger partial charge in [0.2, 0.25) is 5.43 Å². The summed E-state index contributed by atoms with van der Waals surface area (Å²) < 4.78 is 3.91. The van der Waals surface area contributed by atoms with Crippen molar-refractivity contribution in [3.05, 3.63) is 40.7 Å². The summed E-state index contributed by atoms with van der Waals surface area (Å²) in [4.78, 5) is 15.6. The fourth-order valence-corrected chi connectivity index (χ4v) is 2.33. The highest BCUT2D eigenvalue weighted by Crippen LogP contribution is 2.23. The van der Waals surface area contributed by atoms with Crippen LogP contribution in [0.2, 0.25) is 0 Å². The summed E-state index contributed by atoms with van der Waals surface area (Å²) in [6, 6.07) is 7.78. The monoisotopic (exact) mass is 202 g/mol. The zero-order chi connectivity index (χ0) is 9.54. The van der Waals surface area contributed by atoms with Crippen molar-refractivity contribution in [2.45, 2.75) is 0 Å². The van der Waals surface area contributed by atoms with Crippen LogP contribution < -0.4 is 5.43 Å². The highest BCUT2D eigenvalue weighted by molar-refractivity contribution is 7.12. The Hall–Kier alpha value is -1.68. The summed E-state index contributed by atoms with van der Waals surface area (Å²) >= 11 is 1.31. The van der Waals surface area contributed by atoms with E-state index in [2.05, 4.69) is 9.36 Å². The van der Waals surface area contributed by atoms with Crippen LogP contribution in [-0.4, -0.2) is 9.36 Å². The van der Waals surface area contributed by atoms with Crippen molar-refractivity contribution in [3.8, 4) is 0 Å². The lowest BCUT2D eigenvalue weighted by molar-refractivity contribution is 1.49. The fourth-order valence-electron chi connectivity index (χ4n) is 1.62. The molecule has 1 aromatic carbocycles. The molecule has 14 heavy (non-hydrogen) atoms. The third kappa shape index (κ3) is 0.914. The van der Waals surface area contributed by atoms with Crippen LogP contribution in [0.3, 0.4) is 0 Å². The van der Waals surface area contributed by atoms with Gasteiger partial charge in [-0.3, -0.25) is 4.79 Å². The van der Waals surface area contributed by atoms with E-state index in [4.69, 9.17) is 0 Å². The predicted octanol–water partition coefficient (Wildman–Crippen LogP) is 2.14. The third-order valence-corrected chi connectivity index (χ3v) is 2.93. The Morgan fingerprint density at radius 3 is 3.07 bits per heavy atom. The summed E-state index contributed by atoms with van der Waals surface area (Å²) in [6.45, 7) is 0. The molecule has 0 aliphatic rings. The maximum absolute atomic E-state index is 11.6. The highest BCUT2D eigenvalue weighted by atomic mass is 32.1. The second-order valence-corrected chi connectivity index (χ2v) is 3.87. The molecule has 0 amide bonds. The topological polar surface area (TPSA) is 45.8 Å². The van der Waals surface area contributed by atoms with Gasteiger partial charge in [-0.2, -0.15) is 4.37 Å². The molecule has 2 heterocycles. The Labute approximate surface area is 83.2 Å². The SMILES string of the molecule is O=c1cnsc2[nH]c3ccccc3c12. The van der Waals surface area contributed by atoms with Gasteiger partial charge in [-0.1, -0.05) is 18.2 Å². The van der Waals surface area contributed by atoms with Crippen LogP contribution in [-0.2, 0) is 0 Å². The molecule has 0 spiro atoms. The molecule has 0 unspecified atom stereocenters. The summed E-state index contributed by atoms with van der Waals surface area (Å²) in [7, 11) is 0. The molecule has 4 heteroatoms. The van der Waals surface area contributed by atoms with Gasteiger partial charge in [-0.05, 0) is 17.6 Å². The smallest absolute Gasteiger partial charge is 0.208 e. The summed E-state index contributed by atoms with van der Waals surface area (Å²) in [6.07, 6.45) is 1.37. The number of rotatable bonds is 0. The van der Waals surface area contributed by atoms with Crippen molar-refractivity contribution in [2.24, 2.45) is 0 Å². The maximum atomic E-state index is 11.6. The number of para-hydroxylation sites is 1. The first-order valence-corrected chi connectivity index (χ1v) is 4.99. The van der Waals surface area contributed by atoms with Crippen LogP contribution >= 0.6 is 11.5 Å². The lowest BCUT2D eigenvalue weighted by Gasteiger charge is -1.86. The standard InChI is InChI=1S/C10H6N2OS/c13-8-5-11-14-10-9(8)6-3-1-2-4-7(6)12-10/h1-5,12H. The predicted molar refractivity (Wildman–Crippen MR) is 57.7 cm³/mol. The van der Waals surface area contributed by atoms with Gasteiger partial charge >= 0.3 is 0 Å². The molecule has 0 fully saturated rings. The molecular formula is C10H6N2OS. The van der Waals surface area contributed by atoms with Gasteiger partial charge in [0, 0.05) is 10.9 Å². The molecule has 68 valence electrons. The normalized spacial score (nSPS) is 11.1. The Morgan fingerprint density at radius 2 is 2.14 bits per heavy atom. The Morgan fingerprint density at radius 1 is 1.29 bits per heavy atom. The Bertz CT molecular complexity index is 668. The van der Waals surface area contributed by atoms with Crippen molar-refractivity contribution in [3.63, 3.8) is 0 Å². The van der Waals surface area contributed by atoms with E-state index >= 15 is 0 Å². The zero-order valence-electron chi connectivity index (χ0n) is 7.15. The van der Waals surface area contributed by atoms with E-state index in [-0.39, 0.29) is 5.43 Å². The van der Waals surface area contributed by atoms with Crippen LogP contribution in [0.5, 0.6) is 0 Å². The first-order valence-electron chi connectivity index (χ1n) is 4.22. The zero-order valence-corrected chi connectivity index (χ0v) is 7.97. The number of nitrogens with one attached hydrogen (secondary N) is 1. The molecule has 0 atom stereocenters. The minimum absolute atomic E-state index is 0.0174. The van der Waals surface area contributed by atoms with E-state index in [1.54, 1.807) is 0 Å². The summed E-state index contributed by atoms with van der Waals surface area (Å²) in [5.41, 5.74) is 0.972. The lowest BCUT2D eigenvalue weighted by atomic mass is 10.2. The van der Waals surface area contributed by atoms with Crippen LogP contribution in [0.1, 0.15) is 0 Å². The van der Waals surface area contributed by atoms with Gasteiger partial charge in [-0.25, -0.2) is 0 Å². The molecule has 2 aromatic heterocycles. The van der Waals surface area contributed by atoms with Crippen molar-refractivity contribution in [1.29, 1.82) is 0 Å². The van der Waals surface area contributed by atoms with E-state index < -0.39 is 0 Å². The van der Waals surface area contributed by atoms with Gasteiger partial charge in [0.05, 0.1) is 11.6 Å². The van der Waals surface area contributed by atoms with Crippen LogP contribution in [0.25, 0.3) is 21.1 Å². The first kappa shape index (κ1) is 7.70. The second kappa shape index (κ2) is 2.65. The van der Waals surface area contributed by atoms with Crippen LogP contribution in [0.4, 0.5) is 0 Å². The minimum atomic E-state index is -0.0174. The fraction of sp³-hybridized carbons (Fsp3) is 0.